The molecule has 0 atom stereocenters. The number of rotatable bonds is 5. The molecule has 0 unspecified atom stereocenters. The average Bonchev–Trinajstić information content (AvgIpc) is 2.85. The van der Waals surface area contributed by atoms with Gasteiger partial charge in [0.1, 0.15) is 0 Å². The topological polar surface area (TPSA) is 99.6 Å². The highest BCUT2D eigenvalue weighted by Gasteiger charge is 2.35. The van der Waals surface area contributed by atoms with Gasteiger partial charge in [-0.2, -0.15) is 0 Å². The van der Waals surface area contributed by atoms with Crippen LogP contribution in [-0.4, -0.2) is 39.3 Å². The van der Waals surface area contributed by atoms with Gasteiger partial charge in [-0.05, 0) is 36.8 Å². The molecular weight excluding hydrogens is 322 g/mol. The zero-order chi connectivity index (χ0) is 18.0. The van der Waals surface area contributed by atoms with Crippen molar-refractivity contribution in [3.63, 3.8) is 0 Å². The number of fused-ring (bicyclic) bond motifs is 1. The molecular formula is C18H17N3O4. The van der Waals surface area contributed by atoms with Crippen molar-refractivity contribution in [2.45, 2.75) is 19.8 Å². The average molecular weight is 339 g/mol. The number of benzene rings is 1. The number of nitrogens with one attached hydrogen (secondary N) is 1. The lowest BCUT2D eigenvalue weighted by Crippen LogP contribution is -2.30. The number of amides is 3. The smallest absolute Gasteiger partial charge is 0.261 e. The first-order valence-corrected chi connectivity index (χ1v) is 7.98. The molecule has 0 saturated carbocycles. The highest BCUT2D eigenvalue weighted by atomic mass is 16.3. The molecule has 0 saturated heterocycles. The molecule has 1 aliphatic heterocycles. The summed E-state index contributed by atoms with van der Waals surface area (Å²) >= 11 is 0. The summed E-state index contributed by atoms with van der Waals surface area (Å²) in [5.41, 5.74) is 0.736. The first-order valence-electron chi connectivity index (χ1n) is 7.98. The van der Waals surface area contributed by atoms with E-state index in [2.05, 4.69) is 10.3 Å². The molecule has 0 spiro atoms. The van der Waals surface area contributed by atoms with Crippen molar-refractivity contribution in [3.8, 4) is 5.75 Å². The Bertz CT molecular complexity index is 863. The normalized spacial score (nSPS) is 13.1. The number of aromatic nitrogens is 1. The molecule has 0 bridgehead atoms. The summed E-state index contributed by atoms with van der Waals surface area (Å²) in [6.07, 6.45) is 3.04. The van der Waals surface area contributed by atoms with Gasteiger partial charge in [0.05, 0.1) is 11.1 Å². The second-order valence-electron chi connectivity index (χ2n) is 5.70. The summed E-state index contributed by atoms with van der Waals surface area (Å²) in [6, 6.07) is 7.29. The minimum absolute atomic E-state index is 0.0278. The molecule has 7 nitrogen and oxygen atoms in total. The first-order chi connectivity index (χ1) is 12.0. The van der Waals surface area contributed by atoms with Gasteiger partial charge in [0, 0.05) is 18.3 Å². The molecule has 1 aromatic heterocycles. The zero-order valence-electron chi connectivity index (χ0n) is 13.7. The molecule has 0 radical (unpaired) electrons. The van der Waals surface area contributed by atoms with Crippen molar-refractivity contribution in [1.82, 2.24) is 9.88 Å². The van der Waals surface area contributed by atoms with Crippen LogP contribution in [0.2, 0.25) is 0 Å². The van der Waals surface area contributed by atoms with Gasteiger partial charge in [0.2, 0.25) is 0 Å². The quantitative estimate of drug-likeness (QED) is 0.815. The van der Waals surface area contributed by atoms with E-state index in [1.165, 1.54) is 41.4 Å². The van der Waals surface area contributed by atoms with Crippen LogP contribution in [0.5, 0.6) is 5.75 Å². The Morgan fingerprint density at radius 2 is 1.96 bits per heavy atom. The third-order valence-corrected chi connectivity index (χ3v) is 3.99. The van der Waals surface area contributed by atoms with Crippen molar-refractivity contribution in [1.29, 1.82) is 0 Å². The third-order valence-electron chi connectivity index (χ3n) is 3.99. The lowest BCUT2D eigenvalue weighted by molar-refractivity contribution is 0.0652. The van der Waals surface area contributed by atoms with E-state index >= 15 is 0 Å². The molecule has 2 heterocycles. The fourth-order valence-corrected chi connectivity index (χ4v) is 2.62. The van der Waals surface area contributed by atoms with E-state index in [4.69, 9.17) is 0 Å². The lowest BCUT2D eigenvalue weighted by Gasteiger charge is -2.12. The molecule has 7 heteroatoms. The molecule has 1 aromatic carbocycles. The minimum atomic E-state index is -0.524. The standard InChI is InChI=1S/C18H17N3O4/c1-2-3-9-21-17(24)12-7-6-11(10-13(12)18(21)25)16(23)20-15-14(22)5-4-8-19-15/h4-8,10,22H,2-3,9H2,1H3,(H,19,20,23). The second-order valence-corrected chi connectivity index (χ2v) is 5.70. The second kappa shape index (κ2) is 6.72. The zero-order valence-corrected chi connectivity index (χ0v) is 13.7. The Hall–Kier alpha value is -3.22. The number of carbonyl (C=O) groups excluding carboxylic acids is 3. The van der Waals surface area contributed by atoms with E-state index in [-0.39, 0.29) is 34.5 Å². The number of aromatic hydroxyl groups is 1. The van der Waals surface area contributed by atoms with Gasteiger partial charge in [-0.3, -0.25) is 19.3 Å². The van der Waals surface area contributed by atoms with Gasteiger partial charge in [-0.1, -0.05) is 13.3 Å². The van der Waals surface area contributed by atoms with E-state index in [9.17, 15) is 19.5 Å². The van der Waals surface area contributed by atoms with Gasteiger partial charge in [-0.15, -0.1) is 0 Å². The van der Waals surface area contributed by atoms with Crippen LogP contribution in [0.1, 0.15) is 50.8 Å². The van der Waals surface area contributed by atoms with Gasteiger partial charge in [0.15, 0.2) is 11.6 Å². The maximum Gasteiger partial charge on any atom is 0.261 e. The molecule has 0 aliphatic carbocycles. The molecule has 3 amide bonds. The maximum atomic E-state index is 12.4. The molecule has 2 N–H and O–H groups in total. The van der Waals surface area contributed by atoms with Crippen molar-refractivity contribution < 1.29 is 19.5 Å². The van der Waals surface area contributed by atoms with Crippen LogP contribution in [0, 0.1) is 0 Å². The fourth-order valence-electron chi connectivity index (χ4n) is 2.62. The minimum Gasteiger partial charge on any atom is -0.504 e. The van der Waals surface area contributed by atoms with E-state index in [1.54, 1.807) is 0 Å². The molecule has 2 aromatic rings. The fraction of sp³-hybridized carbons (Fsp3) is 0.222. The molecule has 3 rings (SSSR count). The van der Waals surface area contributed by atoms with Crippen molar-refractivity contribution in [2.75, 3.05) is 11.9 Å². The van der Waals surface area contributed by atoms with Crippen LogP contribution in [0.25, 0.3) is 0 Å². The number of nitrogens with zero attached hydrogens (tertiary/aromatic N) is 2. The van der Waals surface area contributed by atoms with Crippen LogP contribution in [0.3, 0.4) is 0 Å². The number of anilines is 1. The monoisotopic (exact) mass is 339 g/mol. The van der Waals surface area contributed by atoms with Crippen LogP contribution < -0.4 is 5.32 Å². The van der Waals surface area contributed by atoms with Crippen LogP contribution >= 0.6 is 0 Å². The third kappa shape index (κ3) is 3.08. The number of unbranched alkanes of at least 4 members (excludes halogenated alkanes) is 1. The van der Waals surface area contributed by atoms with Crippen molar-refractivity contribution in [2.24, 2.45) is 0 Å². The van der Waals surface area contributed by atoms with Gasteiger partial charge in [-0.25, -0.2) is 4.98 Å². The Kier molecular flexibility index (Phi) is 4.47. The molecule has 25 heavy (non-hydrogen) atoms. The Morgan fingerprint density at radius 1 is 1.20 bits per heavy atom. The van der Waals surface area contributed by atoms with Crippen molar-refractivity contribution >= 4 is 23.5 Å². The highest BCUT2D eigenvalue weighted by Crippen LogP contribution is 2.25. The van der Waals surface area contributed by atoms with Crippen LogP contribution in [0.15, 0.2) is 36.5 Å². The largest absolute Gasteiger partial charge is 0.504 e. The number of hydrogen-bond donors (Lipinski definition) is 2. The number of pyridine rings is 1. The summed E-state index contributed by atoms with van der Waals surface area (Å²) in [5.74, 6) is -1.37. The van der Waals surface area contributed by atoms with E-state index < -0.39 is 5.91 Å². The predicted octanol–water partition coefficient (Wildman–Crippen LogP) is 2.44. The summed E-state index contributed by atoms with van der Waals surface area (Å²) in [4.78, 5) is 42.1. The summed E-state index contributed by atoms with van der Waals surface area (Å²) < 4.78 is 0. The van der Waals surface area contributed by atoms with E-state index in [0.717, 1.165) is 12.8 Å². The predicted molar refractivity (Wildman–Crippen MR) is 90.6 cm³/mol. The summed E-state index contributed by atoms with van der Waals surface area (Å²) in [5, 5.41) is 12.2. The Labute approximate surface area is 144 Å². The molecule has 0 fully saturated rings. The van der Waals surface area contributed by atoms with Crippen LogP contribution in [-0.2, 0) is 0 Å². The SMILES string of the molecule is CCCCN1C(=O)c2ccc(C(=O)Nc3ncccc3O)cc2C1=O. The van der Waals surface area contributed by atoms with E-state index in [0.29, 0.717) is 12.1 Å². The summed E-state index contributed by atoms with van der Waals surface area (Å²) in [7, 11) is 0. The van der Waals surface area contributed by atoms with Gasteiger partial charge >= 0.3 is 0 Å². The van der Waals surface area contributed by atoms with E-state index in [1.807, 2.05) is 6.92 Å². The number of hydrogen-bond acceptors (Lipinski definition) is 5. The molecule has 128 valence electrons. The number of imide groups is 1. The Balaban J connectivity index is 1.84. The molecule has 1 aliphatic rings. The lowest BCUT2D eigenvalue weighted by atomic mass is 10.1. The maximum absolute atomic E-state index is 12.4. The van der Waals surface area contributed by atoms with Crippen LogP contribution in [0.4, 0.5) is 5.82 Å². The van der Waals surface area contributed by atoms with Gasteiger partial charge in [0.25, 0.3) is 17.7 Å². The number of carbonyl (C=O) groups is 3. The Morgan fingerprint density at radius 3 is 2.68 bits per heavy atom. The first kappa shape index (κ1) is 16.6. The summed E-state index contributed by atoms with van der Waals surface area (Å²) in [6.45, 7) is 2.35. The van der Waals surface area contributed by atoms with Gasteiger partial charge < -0.3 is 10.4 Å². The van der Waals surface area contributed by atoms with Crippen molar-refractivity contribution in [3.05, 3.63) is 53.2 Å². The highest BCUT2D eigenvalue weighted by molar-refractivity contribution is 6.22.